The fourth-order valence-corrected chi connectivity index (χ4v) is 3.99. The lowest BCUT2D eigenvalue weighted by atomic mass is 9.79. The Hall–Kier alpha value is -2.37. The van der Waals surface area contributed by atoms with Gasteiger partial charge in [-0.05, 0) is 25.3 Å². The predicted molar refractivity (Wildman–Crippen MR) is 110 cm³/mol. The van der Waals surface area contributed by atoms with E-state index in [1.807, 2.05) is 0 Å². The molecule has 1 heterocycles. The van der Waals surface area contributed by atoms with Gasteiger partial charge in [-0.2, -0.15) is 0 Å². The van der Waals surface area contributed by atoms with E-state index < -0.39 is 0 Å². The third kappa shape index (κ3) is 4.87. The van der Waals surface area contributed by atoms with Crippen LogP contribution in [-0.2, 0) is 18.4 Å². The van der Waals surface area contributed by atoms with Gasteiger partial charge in [-0.25, -0.2) is 0 Å². The molecule has 0 aliphatic heterocycles. The van der Waals surface area contributed by atoms with Crippen LogP contribution in [0.25, 0.3) is 0 Å². The molecule has 6 heteroatoms. The van der Waals surface area contributed by atoms with Crippen molar-refractivity contribution in [3.05, 3.63) is 48.0 Å². The first kappa shape index (κ1) is 19.4. The van der Waals surface area contributed by atoms with Crippen LogP contribution in [0.2, 0.25) is 0 Å². The number of aryl methyl sites for hydroxylation is 1. The maximum atomic E-state index is 4.96. The van der Waals surface area contributed by atoms with Crippen molar-refractivity contribution in [3.8, 4) is 0 Å². The molecule has 1 aromatic carbocycles. The van der Waals surface area contributed by atoms with Crippen molar-refractivity contribution < 1.29 is 0 Å². The quantitative estimate of drug-likeness (QED) is 0.555. The third-order valence-corrected chi connectivity index (χ3v) is 5.49. The lowest BCUT2D eigenvalue weighted by molar-refractivity contribution is 0.452. The topological polar surface area (TPSA) is 67.1 Å². The highest BCUT2D eigenvalue weighted by Gasteiger charge is 2.35. The van der Waals surface area contributed by atoms with E-state index in [-0.39, 0.29) is 5.41 Å². The molecule has 0 radical (unpaired) electrons. The smallest absolute Gasteiger partial charge is 0.191 e. The fraction of sp³-hybridized carbons (Fsp3) is 0.571. The van der Waals surface area contributed by atoms with Gasteiger partial charge in [-0.1, -0.05) is 50.1 Å². The summed E-state index contributed by atoms with van der Waals surface area (Å²) >= 11 is 0. The van der Waals surface area contributed by atoms with E-state index in [9.17, 15) is 0 Å². The van der Waals surface area contributed by atoms with Gasteiger partial charge in [0.25, 0.3) is 0 Å². The Balaban J connectivity index is 1.64. The van der Waals surface area contributed by atoms with Crippen molar-refractivity contribution in [2.45, 2.75) is 57.9 Å². The summed E-state index contributed by atoms with van der Waals surface area (Å²) < 4.78 is 2.10. The molecular weight excluding hydrogens is 336 g/mol. The Labute approximate surface area is 162 Å². The summed E-state index contributed by atoms with van der Waals surface area (Å²) in [6, 6.07) is 10.9. The summed E-state index contributed by atoms with van der Waals surface area (Å²) in [4.78, 5) is 4.96. The molecule has 1 fully saturated rings. The van der Waals surface area contributed by atoms with Gasteiger partial charge in [0.1, 0.15) is 12.2 Å². The van der Waals surface area contributed by atoms with E-state index in [2.05, 4.69) is 69.6 Å². The van der Waals surface area contributed by atoms with Crippen LogP contribution in [0.4, 0.5) is 0 Å². The minimum absolute atomic E-state index is 0.188. The van der Waals surface area contributed by atoms with E-state index in [0.29, 0.717) is 0 Å². The van der Waals surface area contributed by atoms with Crippen LogP contribution in [0.3, 0.4) is 0 Å². The maximum Gasteiger partial charge on any atom is 0.191 e. The Bertz CT molecular complexity index is 715. The van der Waals surface area contributed by atoms with E-state index in [1.165, 1.54) is 31.2 Å². The Morgan fingerprint density at radius 3 is 2.63 bits per heavy atom. The van der Waals surface area contributed by atoms with Gasteiger partial charge in [0, 0.05) is 31.5 Å². The molecule has 0 unspecified atom stereocenters. The second kappa shape index (κ2) is 9.53. The van der Waals surface area contributed by atoms with Gasteiger partial charge >= 0.3 is 0 Å². The normalized spacial score (nSPS) is 16.4. The van der Waals surface area contributed by atoms with Crippen LogP contribution in [0.1, 0.15) is 50.9 Å². The molecule has 27 heavy (non-hydrogen) atoms. The number of guanidine groups is 1. The molecule has 0 spiro atoms. The van der Waals surface area contributed by atoms with Crippen LogP contribution in [0.15, 0.2) is 41.7 Å². The number of aromatic nitrogens is 3. The highest BCUT2D eigenvalue weighted by molar-refractivity contribution is 5.79. The summed E-state index contributed by atoms with van der Waals surface area (Å²) in [5, 5.41) is 15.0. The van der Waals surface area contributed by atoms with Crippen LogP contribution < -0.4 is 10.6 Å². The predicted octanol–water partition coefficient (Wildman–Crippen LogP) is 2.91. The highest BCUT2D eigenvalue weighted by atomic mass is 15.3. The van der Waals surface area contributed by atoms with Crippen LogP contribution in [0.5, 0.6) is 0 Å². The zero-order valence-electron chi connectivity index (χ0n) is 16.6. The van der Waals surface area contributed by atoms with Crippen molar-refractivity contribution in [1.82, 2.24) is 25.4 Å². The van der Waals surface area contributed by atoms with Crippen molar-refractivity contribution in [2.75, 3.05) is 19.6 Å². The zero-order valence-corrected chi connectivity index (χ0v) is 16.6. The number of aliphatic imine (C=N–C) groups is 1. The average Bonchev–Trinajstić information content (AvgIpc) is 3.37. The van der Waals surface area contributed by atoms with Gasteiger partial charge < -0.3 is 15.2 Å². The molecule has 3 rings (SSSR count). The second-order valence-electron chi connectivity index (χ2n) is 7.27. The molecule has 2 aromatic rings. The molecular formula is C21H32N6. The largest absolute Gasteiger partial charge is 0.357 e. The van der Waals surface area contributed by atoms with Crippen molar-refractivity contribution in [3.63, 3.8) is 0 Å². The molecule has 2 N–H and O–H groups in total. The molecule has 0 saturated heterocycles. The van der Waals surface area contributed by atoms with Crippen molar-refractivity contribution >= 4 is 5.96 Å². The minimum atomic E-state index is 0.188. The number of nitrogens with one attached hydrogen (secondary N) is 2. The van der Waals surface area contributed by atoms with Gasteiger partial charge in [0.05, 0.1) is 6.54 Å². The standard InChI is InChI=1S/C21H32N6/c1-3-19-26-25-17-27(19)15-14-23-20(22-4-2)24-16-21(12-8-9-13-21)18-10-6-5-7-11-18/h5-7,10-11,17H,3-4,8-9,12-16H2,1-2H3,(H2,22,23,24). The molecule has 0 bridgehead atoms. The summed E-state index contributed by atoms with van der Waals surface area (Å²) in [5.74, 6) is 1.92. The molecule has 146 valence electrons. The Morgan fingerprint density at radius 1 is 1.15 bits per heavy atom. The summed E-state index contributed by atoms with van der Waals surface area (Å²) in [6.45, 7) is 7.54. The monoisotopic (exact) mass is 368 g/mol. The minimum Gasteiger partial charge on any atom is -0.357 e. The molecule has 1 aromatic heterocycles. The molecule has 1 aliphatic rings. The summed E-state index contributed by atoms with van der Waals surface area (Å²) in [7, 11) is 0. The average molecular weight is 369 g/mol. The van der Waals surface area contributed by atoms with Gasteiger partial charge in [-0.3, -0.25) is 4.99 Å². The molecule has 0 amide bonds. The highest BCUT2D eigenvalue weighted by Crippen LogP contribution is 2.41. The van der Waals surface area contributed by atoms with Crippen LogP contribution in [-0.4, -0.2) is 40.4 Å². The number of nitrogens with zero attached hydrogens (tertiary/aromatic N) is 4. The Kier molecular flexibility index (Phi) is 6.85. The van der Waals surface area contributed by atoms with Gasteiger partial charge in [0.2, 0.25) is 0 Å². The molecule has 0 atom stereocenters. The fourth-order valence-electron chi connectivity index (χ4n) is 3.99. The lowest BCUT2D eigenvalue weighted by Crippen LogP contribution is -2.40. The van der Waals surface area contributed by atoms with Crippen LogP contribution in [0, 0.1) is 0 Å². The lowest BCUT2D eigenvalue weighted by Gasteiger charge is -2.28. The number of rotatable bonds is 8. The van der Waals surface area contributed by atoms with Gasteiger partial charge in [-0.15, -0.1) is 10.2 Å². The van der Waals surface area contributed by atoms with E-state index in [4.69, 9.17) is 4.99 Å². The molecule has 1 aliphatic carbocycles. The second-order valence-corrected chi connectivity index (χ2v) is 7.27. The first-order valence-electron chi connectivity index (χ1n) is 10.2. The maximum absolute atomic E-state index is 4.96. The first-order chi connectivity index (χ1) is 13.3. The SMILES string of the molecule is CCNC(=NCC1(c2ccccc2)CCCC1)NCCn1cnnc1CC. The first-order valence-corrected chi connectivity index (χ1v) is 10.2. The summed E-state index contributed by atoms with van der Waals surface area (Å²) in [5.41, 5.74) is 1.62. The van der Waals surface area contributed by atoms with Crippen LogP contribution >= 0.6 is 0 Å². The van der Waals surface area contributed by atoms with Gasteiger partial charge in [0.15, 0.2) is 5.96 Å². The number of hydrogen-bond donors (Lipinski definition) is 2. The zero-order chi connectivity index (χ0) is 19.0. The number of benzene rings is 1. The molecule has 1 saturated carbocycles. The van der Waals surface area contributed by atoms with E-state index >= 15 is 0 Å². The Morgan fingerprint density at radius 2 is 1.93 bits per heavy atom. The summed E-state index contributed by atoms with van der Waals surface area (Å²) in [6.07, 6.45) is 7.73. The van der Waals surface area contributed by atoms with Crippen molar-refractivity contribution in [1.29, 1.82) is 0 Å². The third-order valence-electron chi connectivity index (χ3n) is 5.49. The van der Waals surface area contributed by atoms with Crippen molar-refractivity contribution in [2.24, 2.45) is 4.99 Å². The molecule has 6 nitrogen and oxygen atoms in total. The van der Waals surface area contributed by atoms with E-state index in [1.54, 1.807) is 6.33 Å². The number of hydrogen-bond acceptors (Lipinski definition) is 3. The van der Waals surface area contributed by atoms with E-state index in [0.717, 1.165) is 44.4 Å².